The zero-order chi connectivity index (χ0) is 21.6. The molecule has 30 heavy (non-hydrogen) atoms. The SMILES string of the molecule is CCOC1(OCC)[NH+]=C(N)[C@@]2(C#N)[C@@](C)(c3ccc(-c4ccccc4)cc3)[C@@]12C#N. The number of hydrogen-bond donors (Lipinski definition) is 2. The largest absolute Gasteiger partial charge is 0.343 e. The lowest BCUT2D eigenvalue weighted by Gasteiger charge is -2.32. The fourth-order valence-corrected chi connectivity index (χ4v) is 5.45. The molecule has 3 N–H and O–H groups in total. The van der Waals surface area contributed by atoms with E-state index in [9.17, 15) is 10.5 Å². The van der Waals surface area contributed by atoms with Crippen molar-refractivity contribution in [2.75, 3.05) is 13.2 Å². The Labute approximate surface area is 176 Å². The van der Waals surface area contributed by atoms with Crippen molar-refractivity contribution in [2.24, 2.45) is 16.6 Å². The highest BCUT2D eigenvalue weighted by molar-refractivity contribution is 5.97. The predicted octanol–water partition coefficient (Wildman–Crippen LogP) is 1.82. The molecule has 2 aromatic carbocycles. The highest BCUT2D eigenvalue weighted by atomic mass is 16.7. The molecule has 0 bridgehead atoms. The van der Waals surface area contributed by atoms with Crippen molar-refractivity contribution in [2.45, 2.75) is 32.1 Å². The van der Waals surface area contributed by atoms with Gasteiger partial charge >= 0.3 is 5.91 Å². The van der Waals surface area contributed by atoms with Crippen molar-refractivity contribution in [3.63, 3.8) is 0 Å². The second-order valence-electron chi connectivity index (χ2n) is 7.81. The maximum atomic E-state index is 10.4. The van der Waals surface area contributed by atoms with Crippen molar-refractivity contribution < 1.29 is 14.5 Å². The molecule has 2 aliphatic rings. The van der Waals surface area contributed by atoms with E-state index in [0.29, 0.717) is 13.2 Å². The zero-order valence-electron chi connectivity index (χ0n) is 17.4. The first-order valence-corrected chi connectivity index (χ1v) is 10.1. The number of nitrogens with one attached hydrogen (secondary N) is 1. The molecule has 1 heterocycles. The van der Waals surface area contributed by atoms with Gasteiger partial charge in [-0.25, -0.2) is 4.99 Å². The number of ether oxygens (including phenoxy) is 2. The van der Waals surface area contributed by atoms with Crippen molar-refractivity contribution in [1.82, 2.24) is 0 Å². The first-order chi connectivity index (χ1) is 14.4. The van der Waals surface area contributed by atoms with Gasteiger partial charge in [0.1, 0.15) is 0 Å². The third-order valence-electron chi connectivity index (χ3n) is 6.80. The van der Waals surface area contributed by atoms with Gasteiger partial charge in [0, 0.05) is 0 Å². The fourth-order valence-electron chi connectivity index (χ4n) is 5.45. The second-order valence-corrected chi connectivity index (χ2v) is 7.81. The molecule has 6 heteroatoms. The highest BCUT2D eigenvalue weighted by Gasteiger charge is 3.03. The van der Waals surface area contributed by atoms with Gasteiger partial charge in [-0.1, -0.05) is 61.5 Å². The third-order valence-corrected chi connectivity index (χ3v) is 6.80. The Bertz CT molecular complexity index is 1080. The molecule has 0 spiro atoms. The van der Waals surface area contributed by atoms with Gasteiger partial charge in [0.2, 0.25) is 0 Å². The van der Waals surface area contributed by atoms with Crippen LogP contribution in [0.25, 0.3) is 11.1 Å². The summed E-state index contributed by atoms with van der Waals surface area (Å²) >= 11 is 0. The van der Waals surface area contributed by atoms with E-state index in [0.717, 1.165) is 16.7 Å². The topological polar surface area (TPSA) is 106 Å². The van der Waals surface area contributed by atoms with E-state index in [1.54, 1.807) is 0 Å². The molecule has 0 unspecified atom stereocenters. The monoisotopic (exact) mass is 401 g/mol. The number of nitrogens with two attached hydrogens (primary N) is 1. The summed E-state index contributed by atoms with van der Waals surface area (Å²) in [6.45, 7) is 6.15. The molecule has 0 aromatic heterocycles. The van der Waals surface area contributed by atoms with Gasteiger partial charge in [0.15, 0.2) is 10.8 Å². The molecule has 0 saturated heterocycles. The van der Waals surface area contributed by atoms with Gasteiger partial charge in [-0.15, -0.1) is 0 Å². The molecule has 6 nitrogen and oxygen atoms in total. The zero-order valence-corrected chi connectivity index (χ0v) is 17.4. The van der Waals surface area contributed by atoms with Crippen LogP contribution in [0.3, 0.4) is 0 Å². The standard InChI is InChI=1S/C24H24N4O2/c1-4-29-24(30-5-2)23(16-26)21(3,22(23,15-25)20(27)28-24)19-13-11-18(12-14-19)17-9-7-6-8-10-17/h6-14H,4-5H2,1-3H3,(H2,27,28)/p+1/t21-,22+,23-/m1/s1. The quantitative estimate of drug-likeness (QED) is 0.718. The van der Waals surface area contributed by atoms with E-state index in [4.69, 9.17) is 15.2 Å². The first-order valence-electron chi connectivity index (χ1n) is 10.1. The van der Waals surface area contributed by atoms with E-state index >= 15 is 0 Å². The summed E-state index contributed by atoms with van der Waals surface area (Å²) in [6.07, 6.45) is 0. The van der Waals surface area contributed by atoms with Gasteiger partial charge in [-0.3, -0.25) is 5.73 Å². The molecule has 1 fully saturated rings. The van der Waals surface area contributed by atoms with Gasteiger partial charge in [-0.05, 0) is 30.5 Å². The molecule has 0 radical (unpaired) electrons. The lowest BCUT2D eigenvalue weighted by molar-refractivity contribution is -0.694. The maximum Gasteiger partial charge on any atom is 0.343 e. The lowest BCUT2D eigenvalue weighted by atomic mass is 9.84. The number of benzene rings is 2. The Morgan fingerprint density at radius 2 is 1.47 bits per heavy atom. The fraction of sp³-hybridized carbons (Fsp3) is 0.375. The van der Waals surface area contributed by atoms with Crippen molar-refractivity contribution >= 4 is 5.84 Å². The number of rotatable bonds is 6. The molecule has 0 amide bonds. The summed E-state index contributed by atoms with van der Waals surface area (Å²) in [5.41, 5.74) is 5.87. The van der Waals surface area contributed by atoms with Crippen molar-refractivity contribution in [1.29, 1.82) is 10.5 Å². The average Bonchev–Trinajstić information content (AvgIpc) is 3.20. The van der Waals surface area contributed by atoms with Crippen LogP contribution in [0.5, 0.6) is 0 Å². The summed E-state index contributed by atoms with van der Waals surface area (Å²) in [6, 6.07) is 22.7. The summed E-state index contributed by atoms with van der Waals surface area (Å²) < 4.78 is 12.0. The van der Waals surface area contributed by atoms with Gasteiger partial charge < -0.3 is 9.47 Å². The van der Waals surface area contributed by atoms with E-state index in [1.165, 1.54) is 0 Å². The minimum atomic E-state index is -1.49. The minimum absolute atomic E-state index is 0.211. The number of hydrogen-bond acceptors (Lipinski definition) is 5. The summed E-state index contributed by atoms with van der Waals surface area (Å²) in [5.74, 6) is -1.28. The Morgan fingerprint density at radius 3 is 1.97 bits per heavy atom. The molecular formula is C24H25N4O2+. The Morgan fingerprint density at radius 1 is 0.900 bits per heavy atom. The van der Waals surface area contributed by atoms with E-state index in [2.05, 4.69) is 17.1 Å². The Kier molecular flexibility index (Phi) is 4.47. The molecule has 1 aliphatic carbocycles. The van der Waals surface area contributed by atoms with Gasteiger partial charge in [0.25, 0.3) is 5.84 Å². The number of nitrogens with zero attached hydrogens (tertiary/aromatic N) is 2. The Balaban J connectivity index is 1.87. The maximum absolute atomic E-state index is 10.4. The number of nitriles is 2. The molecule has 3 atom stereocenters. The van der Waals surface area contributed by atoms with Crippen LogP contribution in [0, 0.1) is 33.5 Å². The number of amidine groups is 1. The van der Waals surface area contributed by atoms with Crippen molar-refractivity contribution in [3.8, 4) is 23.3 Å². The third kappa shape index (κ3) is 2.00. The molecule has 2 aromatic rings. The van der Waals surface area contributed by atoms with Crippen LogP contribution in [-0.4, -0.2) is 25.0 Å². The van der Waals surface area contributed by atoms with Crippen LogP contribution < -0.4 is 10.7 Å². The summed E-state index contributed by atoms with van der Waals surface area (Å²) in [4.78, 5) is 3.02. The van der Waals surface area contributed by atoms with Crippen LogP contribution in [0.4, 0.5) is 0 Å². The highest BCUT2D eigenvalue weighted by Crippen LogP contribution is 2.82. The van der Waals surface area contributed by atoms with E-state index in [1.807, 2.05) is 75.4 Å². The molecule has 1 aliphatic heterocycles. The molecule has 152 valence electrons. The summed E-state index contributed by atoms with van der Waals surface area (Å²) in [7, 11) is 0. The van der Waals surface area contributed by atoms with Crippen molar-refractivity contribution in [3.05, 3.63) is 60.2 Å². The number of fused-ring (bicyclic) bond motifs is 1. The molecule has 1 saturated carbocycles. The molecular weight excluding hydrogens is 376 g/mol. The van der Waals surface area contributed by atoms with E-state index in [-0.39, 0.29) is 5.84 Å². The predicted molar refractivity (Wildman–Crippen MR) is 111 cm³/mol. The van der Waals surface area contributed by atoms with E-state index < -0.39 is 22.2 Å². The molecule has 4 rings (SSSR count). The lowest BCUT2D eigenvalue weighted by Crippen LogP contribution is -2.91. The Hall–Kier alpha value is -3.19. The van der Waals surface area contributed by atoms with Gasteiger partial charge in [-0.2, -0.15) is 10.5 Å². The van der Waals surface area contributed by atoms with Crippen LogP contribution in [0.1, 0.15) is 26.3 Å². The summed E-state index contributed by atoms with van der Waals surface area (Å²) in [5, 5.41) is 20.7. The minimum Gasteiger partial charge on any atom is -0.314 e. The van der Waals surface area contributed by atoms with Crippen LogP contribution in [-0.2, 0) is 14.9 Å². The second kappa shape index (κ2) is 6.67. The van der Waals surface area contributed by atoms with Crippen LogP contribution >= 0.6 is 0 Å². The van der Waals surface area contributed by atoms with Gasteiger partial charge in [0.05, 0.1) is 30.8 Å². The van der Waals surface area contributed by atoms with Crippen LogP contribution in [0.15, 0.2) is 54.6 Å². The first kappa shape index (κ1) is 20.1. The van der Waals surface area contributed by atoms with Crippen LogP contribution in [0.2, 0.25) is 0 Å². The smallest absolute Gasteiger partial charge is 0.314 e. The average molecular weight is 401 g/mol. The normalized spacial score (nSPS) is 30.6.